The van der Waals surface area contributed by atoms with Crippen molar-refractivity contribution in [2.45, 2.75) is 19.6 Å². The molecule has 0 heterocycles. The maximum absolute atomic E-state index is 12.5. The summed E-state index contributed by atoms with van der Waals surface area (Å²) < 4.78 is 37.5. The summed E-state index contributed by atoms with van der Waals surface area (Å²) in [6, 6.07) is 12.9. The van der Waals surface area contributed by atoms with Crippen molar-refractivity contribution < 1.29 is 13.2 Å². The molecule has 0 aliphatic heterocycles. The first-order valence-corrected chi connectivity index (χ1v) is 6.52. The van der Waals surface area contributed by atoms with E-state index >= 15 is 0 Å². The Morgan fingerprint density at radius 3 is 1.86 bits per heavy atom. The van der Waals surface area contributed by atoms with Gasteiger partial charge in [-0.2, -0.15) is 13.2 Å². The quantitative estimate of drug-likeness (QED) is 0.836. The van der Waals surface area contributed by atoms with Gasteiger partial charge in [-0.25, -0.2) is 0 Å². The van der Waals surface area contributed by atoms with Crippen LogP contribution in [0.3, 0.4) is 0 Å². The molecule has 0 radical (unpaired) electrons. The summed E-state index contributed by atoms with van der Waals surface area (Å²) >= 11 is 0. The second kappa shape index (κ2) is 6.04. The summed E-state index contributed by atoms with van der Waals surface area (Å²) in [6.07, 6.45) is -4.30. The van der Waals surface area contributed by atoms with Gasteiger partial charge in [-0.3, -0.25) is 0 Å². The summed E-state index contributed by atoms with van der Waals surface area (Å²) in [5, 5.41) is 3.13. The molecule has 0 aromatic heterocycles. The zero-order valence-electron chi connectivity index (χ0n) is 11.7. The van der Waals surface area contributed by atoms with Gasteiger partial charge in [0.15, 0.2) is 0 Å². The molecule has 0 aliphatic rings. The van der Waals surface area contributed by atoms with E-state index in [9.17, 15) is 13.2 Å². The maximum atomic E-state index is 12.5. The predicted octanol–water partition coefficient (Wildman–Crippen LogP) is 5.00. The number of rotatable bonds is 4. The Kier molecular flexibility index (Phi) is 4.36. The Hall–Kier alpha value is -2.23. The monoisotopic (exact) mass is 291 g/mol. The van der Waals surface area contributed by atoms with Gasteiger partial charge in [-0.05, 0) is 35.7 Å². The maximum Gasteiger partial charge on any atom is 0.416 e. The Morgan fingerprint density at radius 2 is 1.43 bits per heavy atom. The van der Waals surface area contributed by atoms with Crippen LogP contribution >= 0.6 is 0 Å². The summed E-state index contributed by atoms with van der Waals surface area (Å²) in [5.41, 5.74) is 3.01. The van der Waals surface area contributed by atoms with E-state index in [4.69, 9.17) is 0 Å². The highest BCUT2D eigenvalue weighted by atomic mass is 19.4. The first kappa shape index (κ1) is 15.2. The van der Waals surface area contributed by atoms with E-state index < -0.39 is 11.7 Å². The molecule has 2 aromatic carbocycles. The standard InChI is InChI=1S/C17H16F3N/c1-12(2)21-11-13-3-5-14(6-4-13)15-7-9-16(10-8-15)17(18,19)20/h3-10,21H,1,11H2,2H3. The molecule has 0 saturated heterocycles. The first-order chi connectivity index (χ1) is 9.86. The van der Waals surface area contributed by atoms with Crippen LogP contribution in [0, 0.1) is 0 Å². The van der Waals surface area contributed by atoms with Crippen LogP contribution in [-0.2, 0) is 12.7 Å². The highest BCUT2D eigenvalue weighted by Gasteiger charge is 2.29. The molecule has 0 bridgehead atoms. The number of allylic oxidation sites excluding steroid dienone is 1. The molecule has 1 N–H and O–H groups in total. The first-order valence-electron chi connectivity index (χ1n) is 6.52. The molecule has 0 atom stereocenters. The van der Waals surface area contributed by atoms with E-state index in [0.29, 0.717) is 6.54 Å². The molecule has 0 saturated carbocycles. The zero-order chi connectivity index (χ0) is 15.5. The molecule has 0 fully saturated rings. The van der Waals surface area contributed by atoms with Crippen molar-refractivity contribution in [3.8, 4) is 11.1 Å². The smallest absolute Gasteiger partial charge is 0.385 e. The lowest BCUT2D eigenvalue weighted by Crippen LogP contribution is -2.08. The van der Waals surface area contributed by atoms with Gasteiger partial charge in [0.2, 0.25) is 0 Å². The fourth-order valence-corrected chi connectivity index (χ4v) is 1.92. The van der Waals surface area contributed by atoms with Crippen LogP contribution in [0.15, 0.2) is 60.8 Å². The van der Waals surface area contributed by atoms with E-state index in [2.05, 4.69) is 11.9 Å². The third-order valence-corrected chi connectivity index (χ3v) is 3.09. The molecule has 4 heteroatoms. The lowest BCUT2D eigenvalue weighted by atomic mass is 10.0. The topological polar surface area (TPSA) is 12.0 Å². The molecule has 1 nitrogen and oxygen atoms in total. The van der Waals surface area contributed by atoms with Gasteiger partial charge in [0.1, 0.15) is 0 Å². The zero-order valence-corrected chi connectivity index (χ0v) is 11.7. The number of nitrogens with one attached hydrogen (secondary N) is 1. The lowest BCUT2D eigenvalue weighted by Gasteiger charge is -2.09. The third-order valence-electron chi connectivity index (χ3n) is 3.09. The molecular formula is C17H16F3N. The minimum atomic E-state index is -4.30. The second-order valence-corrected chi connectivity index (χ2v) is 4.91. The lowest BCUT2D eigenvalue weighted by molar-refractivity contribution is -0.137. The van der Waals surface area contributed by atoms with E-state index in [0.717, 1.165) is 34.5 Å². The fraction of sp³-hybridized carbons (Fsp3) is 0.176. The molecule has 2 aromatic rings. The van der Waals surface area contributed by atoms with E-state index in [1.54, 1.807) is 0 Å². The highest BCUT2D eigenvalue weighted by molar-refractivity contribution is 5.64. The Morgan fingerprint density at radius 1 is 0.952 bits per heavy atom. The van der Waals surface area contributed by atoms with Gasteiger partial charge in [0.25, 0.3) is 0 Å². The van der Waals surface area contributed by atoms with Gasteiger partial charge in [-0.15, -0.1) is 0 Å². The van der Waals surface area contributed by atoms with Crippen molar-refractivity contribution in [3.05, 3.63) is 71.9 Å². The summed E-state index contributed by atoms with van der Waals surface area (Å²) in [7, 11) is 0. The van der Waals surface area contributed by atoms with Crippen LogP contribution in [0.1, 0.15) is 18.1 Å². The predicted molar refractivity (Wildman–Crippen MR) is 78.5 cm³/mol. The molecule has 0 unspecified atom stereocenters. The van der Waals surface area contributed by atoms with Gasteiger partial charge in [-0.1, -0.05) is 43.0 Å². The van der Waals surface area contributed by atoms with E-state index in [1.807, 2.05) is 31.2 Å². The molecule has 0 aliphatic carbocycles. The second-order valence-electron chi connectivity index (χ2n) is 4.91. The largest absolute Gasteiger partial charge is 0.416 e. The van der Waals surface area contributed by atoms with Crippen molar-refractivity contribution in [2.24, 2.45) is 0 Å². The van der Waals surface area contributed by atoms with E-state index in [1.165, 1.54) is 12.1 Å². The minimum Gasteiger partial charge on any atom is -0.385 e. The van der Waals surface area contributed by atoms with Crippen LogP contribution in [0.2, 0.25) is 0 Å². The van der Waals surface area contributed by atoms with Crippen LogP contribution in [0.25, 0.3) is 11.1 Å². The number of hydrogen-bond donors (Lipinski definition) is 1. The molecule has 110 valence electrons. The van der Waals surface area contributed by atoms with E-state index in [-0.39, 0.29) is 0 Å². The third kappa shape index (κ3) is 4.12. The van der Waals surface area contributed by atoms with Crippen molar-refractivity contribution in [3.63, 3.8) is 0 Å². The number of benzene rings is 2. The number of alkyl halides is 3. The molecule has 2 rings (SSSR count). The molecule has 0 spiro atoms. The van der Waals surface area contributed by atoms with Gasteiger partial charge < -0.3 is 5.32 Å². The average Bonchev–Trinajstić information content (AvgIpc) is 2.45. The normalized spacial score (nSPS) is 11.2. The number of hydrogen-bond acceptors (Lipinski definition) is 1. The Labute approximate surface area is 122 Å². The fourth-order valence-electron chi connectivity index (χ4n) is 1.92. The van der Waals surface area contributed by atoms with Crippen LogP contribution in [0.4, 0.5) is 13.2 Å². The molecular weight excluding hydrogens is 275 g/mol. The molecule has 0 amide bonds. The van der Waals surface area contributed by atoms with Gasteiger partial charge in [0.05, 0.1) is 5.56 Å². The van der Waals surface area contributed by atoms with Crippen LogP contribution in [-0.4, -0.2) is 0 Å². The van der Waals surface area contributed by atoms with Crippen molar-refractivity contribution in [1.29, 1.82) is 0 Å². The Balaban J connectivity index is 2.13. The highest BCUT2D eigenvalue weighted by Crippen LogP contribution is 2.30. The van der Waals surface area contributed by atoms with Crippen molar-refractivity contribution in [1.82, 2.24) is 5.32 Å². The summed E-state index contributed by atoms with van der Waals surface area (Å²) in [5.74, 6) is 0. The van der Waals surface area contributed by atoms with Crippen LogP contribution in [0.5, 0.6) is 0 Å². The van der Waals surface area contributed by atoms with Crippen molar-refractivity contribution in [2.75, 3.05) is 0 Å². The summed E-state index contributed by atoms with van der Waals surface area (Å²) in [4.78, 5) is 0. The minimum absolute atomic E-state index is 0.631. The SMILES string of the molecule is C=C(C)NCc1ccc(-c2ccc(C(F)(F)F)cc2)cc1. The molecule has 21 heavy (non-hydrogen) atoms. The van der Waals surface area contributed by atoms with Gasteiger partial charge in [0, 0.05) is 12.2 Å². The van der Waals surface area contributed by atoms with Gasteiger partial charge >= 0.3 is 6.18 Å². The number of halogens is 3. The summed E-state index contributed by atoms with van der Waals surface area (Å²) in [6.45, 7) is 6.33. The Bertz CT molecular complexity index is 610. The van der Waals surface area contributed by atoms with Crippen molar-refractivity contribution >= 4 is 0 Å². The van der Waals surface area contributed by atoms with Crippen LogP contribution < -0.4 is 5.32 Å². The average molecular weight is 291 g/mol.